The molecule has 3 rings (SSSR count). The van der Waals surface area contributed by atoms with Crippen molar-refractivity contribution in [1.29, 1.82) is 0 Å². The zero-order valence-corrected chi connectivity index (χ0v) is 13.4. The van der Waals surface area contributed by atoms with E-state index >= 15 is 0 Å². The summed E-state index contributed by atoms with van der Waals surface area (Å²) in [4.78, 5) is 17.3. The minimum absolute atomic E-state index is 0.0558. The molecule has 1 aromatic heterocycles. The van der Waals surface area contributed by atoms with Gasteiger partial charge in [0.15, 0.2) is 0 Å². The number of nitrogens with one attached hydrogen (secondary N) is 1. The SMILES string of the molecule is CCc1nc2ccccc2c(C(=O)Nc2ccc(F)cc2F)c1C. The average molecular weight is 326 g/mol. The summed E-state index contributed by atoms with van der Waals surface area (Å²) in [6, 6.07) is 10.4. The first kappa shape index (κ1) is 16.1. The Kier molecular flexibility index (Phi) is 4.25. The van der Waals surface area contributed by atoms with Crippen LogP contribution in [0.3, 0.4) is 0 Å². The predicted molar refractivity (Wildman–Crippen MR) is 90.2 cm³/mol. The lowest BCUT2D eigenvalue weighted by Gasteiger charge is -2.14. The molecule has 0 unspecified atom stereocenters. The number of para-hydroxylation sites is 1. The van der Waals surface area contributed by atoms with Gasteiger partial charge in [0.2, 0.25) is 0 Å². The Morgan fingerprint density at radius 3 is 2.62 bits per heavy atom. The van der Waals surface area contributed by atoms with Gasteiger partial charge in [-0.1, -0.05) is 25.1 Å². The summed E-state index contributed by atoms with van der Waals surface area (Å²) in [6.07, 6.45) is 0.682. The van der Waals surface area contributed by atoms with Gasteiger partial charge < -0.3 is 5.32 Å². The van der Waals surface area contributed by atoms with Crippen LogP contribution in [0.1, 0.15) is 28.5 Å². The van der Waals surface area contributed by atoms with Crippen LogP contribution in [0.25, 0.3) is 10.9 Å². The smallest absolute Gasteiger partial charge is 0.256 e. The molecule has 0 saturated carbocycles. The maximum atomic E-state index is 13.8. The number of benzene rings is 2. The van der Waals surface area contributed by atoms with Crippen LogP contribution < -0.4 is 5.32 Å². The lowest BCUT2D eigenvalue weighted by Crippen LogP contribution is -2.16. The third-order valence-corrected chi connectivity index (χ3v) is 3.98. The highest BCUT2D eigenvalue weighted by Gasteiger charge is 2.18. The fourth-order valence-corrected chi connectivity index (χ4v) is 2.77. The van der Waals surface area contributed by atoms with Gasteiger partial charge in [0.25, 0.3) is 5.91 Å². The molecule has 3 aromatic rings. The van der Waals surface area contributed by atoms with E-state index in [0.717, 1.165) is 23.4 Å². The highest BCUT2D eigenvalue weighted by atomic mass is 19.1. The predicted octanol–water partition coefficient (Wildman–Crippen LogP) is 4.64. The van der Waals surface area contributed by atoms with Crippen LogP contribution in [0.15, 0.2) is 42.5 Å². The lowest BCUT2D eigenvalue weighted by molar-refractivity contribution is 0.102. The number of nitrogens with zero attached hydrogens (tertiary/aromatic N) is 1. The number of carbonyl (C=O) groups is 1. The van der Waals surface area contributed by atoms with E-state index in [1.54, 1.807) is 0 Å². The molecule has 0 bridgehead atoms. The number of amides is 1. The molecule has 1 heterocycles. The second-order valence-corrected chi connectivity index (χ2v) is 5.51. The summed E-state index contributed by atoms with van der Waals surface area (Å²) in [7, 11) is 0. The quantitative estimate of drug-likeness (QED) is 0.762. The van der Waals surface area contributed by atoms with Gasteiger partial charge in [0.1, 0.15) is 11.6 Å². The van der Waals surface area contributed by atoms with Crippen molar-refractivity contribution in [2.45, 2.75) is 20.3 Å². The number of hydrogen-bond donors (Lipinski definition) is 1. The maximum absolute atomic E-state index is 13.8. The molecular formula is C19H16F2N2O. The summed E-state index contributed by atoms with van der Waals surface area (Å²) < 4.78 is 26.8. The van der Waals surface area contributed by atoms with Crippen LogP contribution in [-0.2, 0) is 6.42 Å². The van der Waals surface area contributed by atoms with Crippen molar-refractivity contribution in [2.75, 3.05) is 5.32 Å². The number of carbonyl (C=O) groups excluding carboxylic acids is 1. The topological polar surface area (TPSA) is 42.0 Å². The molecule has 0 atom stereocenters. The number of anilines is 1. The monoisotopic (exact) mass is 326 g/mol. The Morgan fingerprint density at radius 1 is 1.17 bits per heavy atom. The fourth-order valence-electron chi connectivity index (χ4n) is 2.77. The summed E-state index contributed by atoms with van der Waals surface area (Å²) in [6.45, 7) is 3.79. The molecule has 122 valence electrons. The fraction of sp³-hybridized carbons (Fsp3) is 0.158. The molecule has 0 aliphatic heterocycles. The van der Waals surface area contributed by atoms with Crippen molar-refractivity contribution in [3.63, 3.8) is 0 Å². The average Bonchev–Trinajstić information content (AvgIpc) is 2.56. The van der Waals surface area contributed by atoms with E-state index in [9.17, 15) is 13.6 Å². The van der Waals surface area contributed by atoms with E-state index in [2.05, 4.69) is 10.3 Å². The van der Waals surface area contributed by atoms with Gasteiger partial charge in [0, 0.05) is 17.1 Å². The first-order valence-electron chi connectivity index (χ1n) is 7.66. The number of aromatic nitrogens is 1. The second kappa shape index (κ2) is 6.35. The normalized spacial score (nSPS) is 10.8. The molecule has 5 heteroatoms. The molecule has 0 saturated heterocycles. The number of pyridine rings is 1. The van der Waals surface area contributed by atoms with Crippen LogP contribution in [0, 0.1) is 18.6 Å². The third-order valence-electron chi connectivity index (χ3n) is 3.98. The molecule has 0 fully saturated rings. The van der Waals surface area contributed by atoms with E-state index in [1.807, 2.05) is 38.1 Å². The standard InChI is InChI=1S/C19H16F2N2O/c1-3-15-11(2)18(13-6-4-5-7-16(13)22-15)19(24)23-17-9-8-12(20)10-14(17)21/h4-10H,3H2,1-2H3,(H,23,24). The number of aryl methyl sites for hydroxylation is 1. The first-order chi connectivity index (χ1) is 11.5. The van der Waals surface area contributed by atoms with Crippen LogP contribution >= 0.6 is 0 Å². The summed E-state index contributed by atoms with van der Waals surface area (Å²) in [5.41, 5.74) is 2.69. The van der Waals surface area contributed by atoms with Crippen molar-refractivity contribution in [2.24, 2.45) is 0 Å². The summed E-state index contributed by atoms with van der Waals surface area (Å²) in [5, 5.41) is 3.23. The molecule has 1 amide bonds. The second-order valence-electron chi connectivity index (χ2n) is 5.51. The first-order valence-corrected chi connectivity index (χ1v) is 7.66. The molecule has 1 N–H and O–H groups in total. The maximum Gasteiger partial charge on any atom is 0.256 e. The summed E-state index contributed by atoms with van der Waals surface area (Å²) in [5.74, 6) is -1.94. The van der Waals surface area contributed by atoms with Gasteiger partial charge in [-0.25, -0.2) is 8.78 Å². The van der Waals surface area contributed by atoms with Crippen molar-refractivity contribution < 1.29 is 13.6 Å². The third kappa shape index (κ3) is 2.85. The number of fused-ring (bicyclic) bond motifs is 1. The highest BCUT2D eigenvalue weighted by molar-refractivity contribution is 6.13. The van der Waals surface area contributed by atoms with E-state index in [4.69, 9.17) is 0 Å². The van der Waals surface area contributed by atoms with Gasteiger partial charge in [-0.2, -0.15) is 0 Å². The Balaban J connectivity index is 2.10. The number of halogens is 2. The van der Waals surface area contributed by atoms with E-state index in [1.165, 1.54) is 6.07 Å². The zero-order chi connectivity index (χ0) is 17.3. The summed E-state index contributed by atoms with van der Waals surface area (Å²) >= 11 is 0. The largest absolute Gasteiger partial charge is 0.319 e. The van der Waals surface area contributed by atoms with Crippen molar-refractivity contribution in [3.8, 4) is 0 Å². The molecule has 0 spiro atoms. The van der Waals surface area contributed by atoms with Gasteiger partial charge in [0.05, 0.1) is 16.8 Å². The van der Waals surface area contributed by atoms with E-state index in [-0.39, 0.29) is 5.69 Å². The van der Waals surface area contributed by atoms with Crippen LogP contribution in [0.4, 0.5) is 14.5 Å². The molecule has 3 nitrogen and oxygen atoms in total. The Labute approximate surface area is 138 Å². The Bertz CT molecular complexity index is 938. The molecular weight excluding hydrogens is 310 g/mol. The van der Waals surface area contributed by atoms with E-state index < -0.39 is 17.5 Å². The van der Waals surface area contributed by atoms with Crippen LogP contribution in [0.5, 0.6) is 0 Å². The molecule has 24 heavy (non-hydrogen) atoms. The zero-order valence-electron chi connectivity index (χ0n) is 13.4. The van der Waals surface area contributed by atoms with Gasteiger partial charge >= 0.3 is 0 Å². The van der Waals surface area contributed by atoms with Crippen molar-refractivity contribution in [3.05, 3.63) is 70.9 Å². The Hall–Kier alpha value is -2.82. The van der Waals surface area contributed by atoms with Crippen molar-refractivity contribution in [1.82, 2.24) is 4.98 Å². The van der Waals surface area contributed by atoms with Crippen LogP contribution in [0.2, 0.25) is 0 Å². The number of rotatable bonds is 3. The molecule has 2 aromatic carbocycles. The molecule has 0 aliphatic rings. The minimum atomic E-state index is -0.810. The molecule has 0 aliphatic carbocycles. The highest BCUT2D eigenvalue weighted by Crippen LogP contribution is 2.25. The Morgan fingerprint density at radius 2 is 1.92 bits per heavy atom. The van der Waals surface area contributed by atoms with Crippen molar-refractivity contribution >= 4 is 22.5 Å². The van der Waals surface area contributed by atoms with Gasteiger partial charge in [-0.15, -0.1) is 0 Å². The van der Waals surface area contributed by atoms with Crippen LogP contribution in [-0.4, -0.2) is 10.9 Å². The molecule has 0 radical (unpaired) electrons. The van der Waals surface area contributed by atoms with E-state index in [0.29, 0.717) is 22.9 Å². The van der Waals surface area contributed by atoms with Gasteiger partial charge in [-0.05, 0) is 37.1 Å². The minimum Gasteiger partial charge on any atom is -0.319 e. The number of hydrogen-bond acceptors (Lipinski definition) is 2. The van der Waals surface area contributed by atoms with Gasteiger partial charge in [-0.3, -0.25) is 9.78 Å². The lowest BCUT2D eigenvalue weighted by atomic mass is 9.99.